The van der Waals surface area contributed by atoms with E-state index in [1.165, 1.54) is 6.33 Å². The van der Waals surface area contributed by atoms with Gasteiger partial charge in [-0.15, -0.1) is 12.4 Å². The van der Waals surface area contributed by atoms with Crippen LogP contribution in [0.4, 0.5) is 0 Å². The third-order valence-corrected chi connectivity index (χ3v) is 1.31. The Morgan fingerprint density at radius 2 is 2.21 bits per heavy atom. The maximum absolute atomic E-state index is 10.3. The van der Waals surface area contributed by atoms with Crippen molar-refractivity contribution in [3.05, 3.63) is 18.2 Å². The minimum atomic E-state index is -1.00. The summed E-state index contributed by atoms with van der Waals surface area (Å²) in [6, 6.07) is -0.851. The number of imidazole rings is 1. The molecule has 1 atom stereocenters. The van der Waals surface area contributed by atoms with E-state index in [0.717, 1.165) is 5.69 Å². The Kier molecular flexibility index (Phi) is 11.2. The van der Waals surface area contributed by atoms with Gasteiger partial charge in [-0.2, -0.15) is 0 Å². The van der Waals surface area contributed by atoms with Crippen LogP contribution in [-0.2, 0) is 11.2 Å². The number of nitrogens with one attached hydrogen (secondary N) is 1. The van der Waals surface area contributed by atoms with Crippen molar-refractivity contribution in [2.24, 2.45) is 5.73 Å². The third-order valence-electron chi connectivity index (χ3n) is 1.31. The number of aromatic amines is 1. The van der Waals surface area contributed by atoms with Crippen molar-refractivity contribution < 1.29 is 20.9 Å². The number of nitrogens with two attached hydrogens (primary N) is 1. The number of nitrogens with zero attached hydrogens (tertiary/aromatic N) is 1. The third kappa shape index (κ3) is 5.49. The molecule has 1 aromatic heterocycles. The van der Waals surface area contributed by atoms with E-state index < -0.39 is 12.0 Å². The number of hydrogen-bond acceptors (Lipinski definition) is 3. The minimum absolute atomic E-state index is 0. The predicted molar refractivity (Wildman–Crippen MR) is 52.4 cm³/mol. The highest BCUT2D eigenvalue weighted by Crippen LogP contribution is 1.95. The Labute approximate surface area is 86.4 Å². The van der Waals surface area contributed by atoms with Gasteiger partial charge in [0.25, 0.3) is 0 Å². The highest BCUT2D eigenvalue weighted by Gasteiger charge is 2.11. The van der Waals surface area contributed by atoms with Crippen LogP contribution in [0.1, 0.15) is 5.69 Å². The number of H-pyrrole nitrogens is 1. The van der Waals surface area contributed by atoms with Gasteiger partial charge in [-0.05, 0) is 0 Å². The number of carbonyl (C=O) groups is 1. The quantitative estimate of drug-likeness (QED) is 0.553. The molecular weight excluding hydrogens is 214 g/mol. The molecule has 0 spiro atoms. The fourth-order valence-electron chi connectivity index (χ4n) is 0.721. The van der Waals surface area contributed by atoms with Gasteiger partial charge in [0.2, 0.25) is 0 Å². The monoisotopic (exact) mass is 227 g/mol. The van der Waals surface area contributed by atoms with E-state index in [1.54, 1.807) is 6.20 Å². The standard InChI is InChI=1S/C6H9N3O2.ClH.2H2O/c7-5(6(10)11)1-4-2-8-3-9-4;;;/h2-3,5H,1,7H2,(H,8,9)(H,10,11);1H;2*1H2. The predicted octanol–water partition coefficient (Wildman–Crippen LogP) is -1.86. The number of aliphatic carboxylic acids is 1. The van der Waals surface area contributed by atoms with Crippen molar-refractivity contribution in [2.75, 3.05) is 0 Å². The average molecular weight is 228 g/mol. The van der Waals surface area contributed by atoms with Gasteiger partial charge in [-0.25, -0.2) is 4.98 Å². The molecule has 8 heteroatoms. The van der Waals surface area contributed by atoms with Crippen molar-refractivity contribution in [2.45, 2.75) is 12.5 Å². The van der Waals surface area contributed by atoms with E-state index in [0.29, 0.717) is 0 Å². The lowest BCUT2D eigenvalue weighted by Gasteiger charge is -2.02. The molecule has 1 unspecified atom stereocenters. The summed E-state index contributed by atoms with van der Waals surface area (Å²) in [5.41, 5.74) is 6.00. The van der Waals surface area contributed by atoms with Crippen molar-refractivity contribution in [1.29, 1.82) is 0 Å². The van der Waals surface area contributed by atoms with Gasteiger partial charge < -0.3 is 26.8 Å². The molecule has 0 saturated carbocycles. The van der Waals surface area contributed by atoms with Crippen molar-refractivity contribution in [1.82, 2.24) is 9.97 Å². The smallest absolute Gasteiger partial charge is 0.320 e. The molecule has 84 valence electrons. The van der Waals surface area contributed by atoms with Gasteiger partial charge in [0.15, 0.2) is 0 Å². The Morgan fingerprint density at radius 1 is 1.64 bits per heavy atom. The second kappa shape index (κ2) is 8.45. The fraction of sp³-hybridized carbons (Fsp3) is 0.333. The Bertz CT molecular complexity index is 241. The highest BCUT2D eigenvalue weighted by atomic mass is 35.5. The summed E-state index contributed by atoms with van der Waals surface area (Å²) in [6.45, 7) is 0. The second-order valence-corrected chi connectivity index (χ2v) is 2.23. The van der Waals surface area contributed by atoms with Crippen LogP contribution in [0.15, 0.2) is 12.5 Å². The van der Waals surface area contributed by atoms with Crippen LogP contribution in [0.25, 0.3) is 0 Å². The summed E-state index contributed by atoms with van der Waals surface area (Å²) in [4.78, 5) is 16.8. The summed E-state index contributed by atoms with van der Waals surface area (Å²) in [5.74, 6) is -1.00. The largest absolute Gasteiger partial charge is 0.480 e. The molecule has 0 aliphatic carbocycles. The maximum Gasteiger partial charge on any atom is 0.320 e. The zero-order valence-electron chi connectivity index (χ0n) is 7.23. The minimum Gasteiger partial charge on any atom is -0.480 e. The second-order valence-electron chi connectivity index (χ2n) is 2.23. The van der Waals surface area contributed by atoms with Crippen molar-refractivity contribution in [3.63, 3.8) is 0 Å². The first-order valence-electron chi connectivity index (χ1n) is 3.16. The lowest BCUT2D eigenvalue weighted by Crippen LogP contribution is -2.32. The number of carboxylic acid groups (broad SMARTS) is 1. The molecule has 0 saturated heterocycles. The van der Waals surface area contributed by atoms with Gasteiger partial charge in [-0.3, -0.25) is 4.79 Å². The van der Waals surface area contributed by atoms with Gasteiger partial charge in [0, 0.05) is 18.3 Å². The van der Waals surface area contributed by atoms with Crippen LogP contribution >= 0.6 is 12.4 Å². The van der Waals surface area contributed by atoms with E-state index in [1.807, 2.05) is 0 Å². The fourth-order valence-corrected chi connectivity index (χ4v) is 0.721. The number of aromatic nitrogens is 2. The molecule has 0 aliphatic heterocycles. The number of hydrogen-bond donors (Lipinski definition) is 3. The number of carboxylic acids is 1. The van der Waals surface area contributed by atoms with Crippen molar-refractivity contribution >= 4 is 18.4 Å². The maximum atomic E-state index is 10.3. The molecule has 8 N–H and O–H groups in total. The van der Waals surface area contributed by atoms with Crippen LogP contribution in [0.2, 0.25) is 0 Å². The highest BCUT2D eigenvalue weighted by molar-refractivity contribution is 5.85. The molecular formula is C6H14ClN3O4. The lowest BCUT2D eigenvalue weighted by molar-refractivity contribution is -0.138. The van der Waals surface area contributed by atoms with E-state index in [9.17, 15) is 4.79 Å². The zero-order chi connectivity index (χ0) is 8.27. The summed E-state index contributed by atoms with van der Waals surface area (Å²) < 4.78 is 0. The molecule has 0 bridgehead atoms. The molecule has 0 aromatic carbocycles. The van der Waals surface area contributed by atoms with E-state index in [2.05, 4.69) is 9.97 Å². The Morgan fingerprint density at radius 3 is 2.57 bits per heavy atom. The van der Waals surface area contributed by atoms with Gasteiger partial charge in [0.05, 0.1) is 6.33 Å². The number of rotatable bonds is 3. The zero-order valence-corrected chi connectivity index (χ0v) is 8.04. The molecule has 1 aromatic rings. The first-order valence-corrected chi connectivity index (χ1v) is 3.16. The van der Waals surface area contributed by atoms with Crippen LogP contribution in [0.5, 0.6) is 0 Å². The van der Waals surface area contributed by atoms with E-state index >= 15 is 0 Å². The van der Waals surface area contributed by atoms with Crippen LogP contribution in [0.3, 0.4) is 0 Å². The molecule has 7 nitrogen and oxygen atoms in total. The van der Waals surface area contributed by atoms with Crippen LogP contribution in [0, 0.1) is 0 Å². The summed E-state index contributed by atoms with van der Waals surface area (Å²) in [6.07, 6.45) is 3.34. The Hall–Kier alpha value is -1.15. The van der Waals surface area contributed by atoms with E-state index in [4.69, 9.17) is 10.8 Å². The molecule has 0 fully saturated rings. The van der Waals surface area contributed by atoms with E-state index in [-0.39, 0.29) is 29.8 Å². The first-order chi connectivity index (χ1) is 5.20. The van der Waals surface area contributed by atoms with Crippen LogP contribution < -0.4 is 5.73 Å². The summed E-state index contributed by atoms with van der Waals surface area (Å²) >= 11 is 0. The first kappa shape index (κ1) is 18.6. The van der Waals surface area contributed by atoms with Gasteiger partial charge in [0.1, 0.15) is 6.04 Å². The molecule has 1 heterocycles. The molecule has 0 radical (unpaired) electrons. The van der Waals surface area contributed by atoms with Gasteiger partial charge >= 0.3 is 5.97 Å². The summed E-state index contributed by atoms with van der Waals surface area (Å²) in [5, 5.41) is 8.42. The van der Waals surface area contributed by atoms with Gasteiger partial charge in [-0.1, -0.05) is 0 Å². The normalized spacial score (nSPS) is 10.1. The molecule has 0 amide bonds. The molecule has 0 aliphatic rings. The SMILES string of the molecule is Cl.NC(Cc1cnc[nH]1)C(=O)O.O.O. The lowest BCUT2D eigenvalue weighted by atomic mass is 10.2. The Balaban J connectivity index is -0.000000403. The van der Waals surface area contributed by atoms with Crippen molar-refractivity contribution in [3.8, 4) is 0 Å². The topological polar surface area (TPSA) is 155 Å². The molecule has 1 rings (SSSR count). The number of halogens is 1. The average Bonchev–Trinajstić information content (AvgIpc) is 2.39. The molecule has 14 heavy (non-hydrogen) atoms. The summed E-state index contributed by atoms with van der Waals surface area (Å²) in [7, 11) is 0. The van der Waals surface area contributed by atoms with Crippen LogP contribution in [-0.4, -0.2) is 38.0 Å².